The maximum Gasteiger partial charge on any atom is 0.142 e. The second-order valence-corrected chi connectivity index (χ2v) is 5.51. The summed E-state index contributed by atoms with van der Waals surface area (Å²) in [4.78, 5) is 5.09. The predicted molar refractivity (Wildman–Crippen MR) is 73.0 cm³/mol. The highest BCUT2D eigenvalue weighted by Crippen LogP contribution is 2.30. The molecule has 0 atom stereocenters. The molecule has 16 heavy (non-hydrogen) atoms. The van der Waals surface area contributed by atoms with Gasteiger partial charge in [-0.15, -0.1) is 11.8 Å². The molecule has 2 aromatic rings. The van der Waals surface area contributed by atoms with Crippen molar-refractivity contribution in [1.29, 1.82) is 0 Å². The molecule has 0 aliphatic rings. The van der Waals surface area contributed by atoms with Crippen LogP contribution in [0.3, 0.4) is 0 Å². The van der Waals surface area contributed by atoms with Gasteiger partial charge in [0.2, 0.25) is 0 Å². The van der Waals surface area contributed by atoms with E-state index < -0.39 is 0 Å². The highest BCUT2D eigenvalue weighted by molar-refractivity contribution is 9.10. The average Bonchev–Trinajstić information content (AvgIpc) is 2.32. The number of aromatic nitrogens is 1. The summed E-state index contributed by atoms with van der Waals surface area (Å²) in [6.45, 7) is 0. The minimum atomic E-state index is 0.559. The molecule has 0 N–H and O–H groups in total. The van der Waals surface area contributed by atoms with E-state index in [1.165, 1.54) is 5.56 Å². The van der Waals surface area contributed by atoms with E-state index in [-0.39, 0.29) is 0 Å². The van der Waals surface area contributed by atoms with Gasteiger partial charge in [0.1, 0.15) is 5.15 Å². The molecule has 1 aromatic carbocycles. The van der Waals surface area contributed by atoms with Gasteiger partial charge in [0.05, 0.1) is 0 Å². The van der Waals surface area contributed by atoms with Crippen molar-refractivity contribution in [3.8, 4) is 0 Å². The van der Waals surface area contributed by atoms with Crippen molar-refractivity contribution < 1.29 is 0 Å². The molecule has 0 fully saturated rings. The van der Waals surface area contributed by atoms with E-state index in [4.69, 9.17) is 11.6 Å². The number of nitrogens with zero attached hydrogens (tertiary/aromatic N) is 1. The molecule has 0 aliphatic heterocycles. The van der Waals surface area contributed by atoms with Crippen molar-refractivity contribution in [1.82, 2.24) is 4.98 Å². The van der Waals surface area contributed by atoms with Gasteiger partial charge in [0, 0.05) is 21.3 Å². The van der Waals surface area contributed by atoms with Gasteiger partial charge in [-0.05, 0) is 27.6 Å². The summed E-state index contributed by atoms with van der Waals surface area (Å²) in [6, 6.07) is 12.3. The Labute approximate surface area is 112 Å². The Kier molecular flexibility index (Phi) is 4.27. The Balaban J connectivity index is 2.08. The summed E-state index contributed by atoms with van der Waals surface area (Å²) in [7, 11) is 0. The van der Waals surface area contributed by atoms with Crippen LogP contribution in [0.2, 0.25) is 5.15 Å². The van der Waals surface area contributed by atoms with Crippen LogP contribution in [0.1, 0.15) is 5.56 Å². The Morgan fingerprint density at radius 3 is 2.75 bits per heavy atom. The lowest BCUT2D eigenvalue weighted by Gasteiger charge is -2.04. The Morgan fingerprint density at radius 1 is 1.25 bits per heavy atom. The molecule has 0 radical (unpaired) electrons. The fraction of sp³-hybridized carbons (Fsp3) is 0.0833. The molecule has 1 nitrogen and oxygen atoms in total. The number of thioether (sulfide) groups is 1. The fourth-order valence-corrected chi connectivity index (χ4v) is 2.89. The summed E-state index contributed by atoms with van der Waals surface area (Å²) in [6.07, 6.45) is 1.70. The molecule has 2 rings (SSSR count). The van der Waals surface area contributed by atoms with Gasteiger partial charge in [-0.2, -0.15) is 0 Å². The first-order valence-corrected chi connectivity index (χ1v) is 6.89. The summed E-state index contributed by atoms with van der Waals surface area (Å²) in [5, 5.41) is 0.559. The first kappa shape index (κ1) is 12.0. The Hall–Kier alpha value is -0.510. The van der Waals surface area contributed by atoms with Gasteiger partial charge in [-0.3, -0.25) is 0 Å². The number of rotatable bonds is 3. The van der Waals surface area contributed by atoms with Crippen LogP contribution < -0.4 is 0 Å². The normalized spacial score (nSPS) is 10.4. The van der Waals surface area contributed by atoms with Gasteiger partial charge >= 0.3 is 0 Å². The molecule has 0 amide bonds. The molecule has 0 saturated carbocycles. The second-order valence-electron chi connectivity index (χ2n) is 3.22. The topological polar surface area (TPSA) is 12.9 Å². The monoisotopic (exact) mass is 313 g/mol. The van der Waals surface area contributed by atoms with Crippen LogP contribution in [-0.4, -0.2) is 4.98 Å². The van der Waals surface area contributed by atoms with Crippen molar-refractivity contribution in [2.75, 3.05) is 0 Å². The SMILES string of the molecule is Clc1ncc(Br)cc1SCc1ccccc1. The average molecular weight is 315 g/mol. The van der Waals surface area contributed by atoms with Crippen LogP contribution in [0, 0.1) is 0 Å². The van der Waals surface area contributed by atoms with Gasteiger partial charge in [-0.25, -0.2) is 4.98 Å². The van der Waals surface area contributed by atoms with Crippen LogP contribution in [0.25, 0.3) is 0 Å². The van der Waals surface area contributed by atoms with Crippen molar-refractivity contribution in [2.45, 2.75) is 10.6 Å². The number of pyridine rings is 1. The largest absolute Gasteiger partial charge is 0.242 e. The van der Waals surface area contributed by atoms with Crippen LogP contribution in [0.15, 0.2) is 52.0 Å². The van der Waals surface area contributed by atoms with Gasteiger partial charge < -0.3 is 0 Å². The van der Waals surface area contributed by atoms with Crippen LogP contribution in [-0.2, 0) is 5.75 Å². The smallest absolute Gasteiger partial charge is 0.142 e. The van der Waals surface area contributed by atoms with Crippen LogP contribution >= 0.6 is 39.3 Å². The molecule has 1 aromatic heterocycles. The molecule has 0 spiro atoms. The fourth-order valence-electron chi connectivity index (χ4n) is 1.24. The lowest BCUT2D eigenvalue weighted by molar-refractivity contribution is 1.21. The van der Waals surface area contributed by atoms with E-state index in [0.717, 1.165) is 15.1 Å². The number of halogens is 2. The standard InChI is InChI=1S/C12H9BrClNS/c13-10-6-11(12(14)15-7-10)16-8-9-4-2-1-3-5-9/h1-7H,8H2. The first-order valence-electron chi connectivity index (χ1n) is 4.73. The molecule has 0 saturated heterocycles. The Bertz CT molecular complexity index is 476. The van der Waals surface area contributed by atoms with Crippen LogP contribution in [0.4, 0.5) is 0 Å². The van der Waals surface area contributed by atoms with Crippen molar-refractivity contribution in [3.63, 3.8) is 0 Å². The zero-order chi connectivity index (χ0) is 11.4. The van der Waals surface area contributed by atoms with E-state index in [1.54, 1.807) is 18.0 Å². The molecule has 0 bridgehead atoms. The van der Waals surface area contributed by atoms with Crippen molar-refractivity contribution >= 4 is 39.3 Å². The van der Waals surface area contributed by atoms with Crippen molar-refractivity contribution in [3.05, 3.63) is 57.8 Å². The minimum Gasteiger partial charge on any atom is -0.242 e. The third-order valence-corrected chi connectivity index (χ3v) is 3.96. The molecular weight excluding hydrogens is 306 g/mol. The maximum absolute atomic E-state index is 6.01. The maximum atomic E-state index is 6.01. The summed E-state index contributed by atoms with van der Waals surface area (Å²) in [5.41, 5.74) is 1.28. The van der Waals surface area contributed by atoms with E-state index in [2.05, 4.69) is 33.0 Å². The van der Waals surface area contributed by atoms with Gasteiger partial charge in [0.15, 0.2) is 0 Å². The Morgan fingerprint density at radius 2 is 2.00 bits per heavy atom. The minimum absolute atomic E-state index is 0.559. The summed E-state index contributed by atoms with van der Waals surface area (Å²) >= 11 is 11.1. The highest BCUT2D eigenvalue weighted by Gasteiger charge is 2.03. The zero-order valence-corrected chi connectivity index (χ0v) is 11.5. The third kappa shape index (κ3) is 3.24. The highest BCUT2D eigenvalue weighted by atomic mass is 79.9. The molecular formula is C12H9BrClNS. The van der Waals surface area contributed by atoms with E-state index in [0.29, 0.717) is 5.15 Å². The molecule has 82 valence electrons. The first-order chi connectivity index (χ1) is 7.75. The molecule has 0 unspecified atom stereocenters. The molecule has 0 aliphatic carbocycles. The molecule has 1 heterocycles. The van der Waals surface area contributed by atoms with Crippen molar-refractivity contribution in [2.24, 2.45) is 0 Å². The van der Waals surface area contributed by atoms with Gasteiger partial charge in [0.25, 0.3) is 0 Å². The van der Waals surface area contributed by atoms with E-state index in [1.807, 2.05) is 24.3 Å². The van der Waals surface area contributed by atoms with E-state index >= 15 is 0 Å². The predicted octanol–water partition coefficient (Wildman–Crippen LogP) is 4.79. The molecule has 4 heteroatoms. The van der Waals surface area contributed by atoms with Crippen LogP contribution in [0.5, 0.6) is 0 Å². The zero-order valence-electron chi connectivity index (χ0n) is 8.36. The van der Waals surface area contributed by atoms with Gasteiger partial charge in [-0.1, -0.05) is 41.9 Å². The summed E-state index contributed by atoms with van der Waals surface area (Å²) in [5.74, 6) is 0.901. The lowest BCUT2D eigenvalue weighted by Crippen LogP contribution is -1.83. The quantitative estimate of drug-likeness (QED) is 0.597. The number of hydrogen-bond donors (Lipinski definition) is 0. The number of hydrogen-bond acceptors (Lipinski definition) is 2. The third-order valence-electron chi connectivity index (χ3n) is 2.01. The summed E-state index contributed by atoms with van der Waals surface area (Å²) < 4.78 is 0.951. The van der Waals surface area contributed by atoms with E-state index in [9.17, 15) is 0 Å². The number of benzene rings is 1. The lowest BCUT2D eigenvalue weighted by atomic mass is 10.2. The second kappa shape index (κ2) is 5.71.